The van der Waals surface area contributed by atoms with E-state index in [1.165, 1.54) is 250 Å². The Morgan fingerprint density at radius 3 is 0.951 bits per heavy atom. The summed E-state index contributed by atoms with van der Waals surface area (Å²) in [5, 5.41) is 33.4. The van der Waals surface area contributed by atoms with Gasteiger partial charge in [-0.1, -0.05) is 283 Å². The fraction of sp³-hybridized carbons (Fsp3) is 0.946. The number of amides is 1. The fourth-order valence-electron chi connectivity index (χ4n) is 9.04. The zero-order chi connectivity index (χ0) is 44.4. The molecule has 0 spiro atoms. The van der Waals surface area contributed by atoms with E-state index in [0.29, 0.717) is 12.8 Å². The summed E-state index contributed by atoms with van der Waals surface area (Å²) in [6.07, 6.45) is 64.1. The molecule has 0 heterocycles. The number of aliphatic hydroxyl groups is 3. The van der Waals surface area contributed by atoms with Crippen molar-refractivity contribution in [2.75, 3.05) is 6.61 Å². The zero-order valence-electron chi connectivity index (χ0n) is 41.6. The summed E-state index contributed by atoms with van der Waals surface area (Å²) >= 11 is 0. The molecule has 5 nitrogen and oxygen atoms in total. The van der Waals surface area contributed by atoms with Gasteiger partial charge in [0.25, 0.3) is 0 Å². The van der Waals surface area contributed by atoms with Crippen LogP contribution in [0.25, 0.3) is 0 Å². The van der Waals surface area contributed by atoms with E-state index in [0.717, 1.165) is 38.5 Å². The lowest BCUT2D eigenvalue weighted by Gasteiger charge is -2.26. The minimum atomic E-state index is -1.13. The molecule has 0 aliphatic rings. The Kier molecular flexibility index (Phi) is 51.0. The molecule has 0 aliphatic carbocycles. The standard InChI is InChI=1S/C56H111NO4/c1-3-5-7-9-11-13-14-15-16-17-18-19-20-21-22-23-24-25-26-27-28-29-30-31-32-33-34-35-36-37-38-39-40-41-42-43-45-47-49-51-55(60)57-53(52-58)56(61)54(59)50-48-46-44-12-10-8-6-4-2/h27-28,53-54,56,58-59,61H,3-26,29-52H2,1-2H3,(H,57,60)/b28-27-. The van der Waals surface area contributed by atoms with Crippen molar-refractivity contribution < 1.29 is 20.1 Å². The monoisotopic (exact) mass is 862 g/mol. The number of carbonyl (C=O) groups excluding carboxylic acids is 1. The van der Waals surface area contributed by atoms with Gasteiger partial charge in [-0.3, -0.25) is 4.79 Å². The molecule has 0 radical (unpaired) electrons. The first-order chi connectivity index (χ1) is 30.1. The molecule has 0 saturated heterocycles. The smallest absolute Gasteiger partial charge is 0.220 e. The molecule has 4 N–H and O–H groups in total. The van der Waals surface area contributed by atoms with Crippen molar-refractivity contribution in [2.24, 2.45) is 0 Å². The van der Waals surface area contributed by atoms with Gasteiger partial charge in [-0.05, 0) is 38.5 Å². The van der Waals surface area contributed by atoms with Gasteiger partial charge in [-0.2, -0.15) is 0 Å². The van der Waals surface area contributed by atoms with Gasteiger partial charge in [0.1, 0.15) is 6.10 Å². The Balaban J connectivity index is 3.37. The first-order valence-electron chi connectivity index (χ1n) is 28.0. The van der Waals surface area contributed by atoms with Crippen LogP contribution in [0.15, 0.2) is 12.2 Å². The van der Waals surface area contributed by atoms with E-state index < -0.39 is 18.2 Å². The molecular formula is C56H111NO4. The number of hydrogen-bond acceptors (Lipinski definition) is 4. The Labute approximate surface area is 382 Å². The van der Waals surface area contributed by atoms with Gasteiger partial charge in [-0.15, -0.1) is 0 Å². The van der Waals surface area contributed by atoms with Crippen LogP contribution < -0.4 is 5.32 Å². The molecule has 3 atom stereocenters. The fourth-order valence-corrected chi connectivity index (χ4v) is 9.04. The maximum absolute atomic E-state index is 12.4. The van der Waals surface area contributed by atoms with E-state index in [-0.39, 0.29) is 12.5 Å². The van der Waals surface area contributed by atoms with Gasteiger partial charge in [0.05, 0.1) is 18.8 Å². The Bertz CT molecular complexity index is 864. The van der Waals surface area contributed by atoms with Gasteiger partial charge in [-0.25, -0.2) is 0 Å². The number of hydrogen-bond donors (Lipinski definition) is 4. The summed E-state index contributed by atoms with van der Waals surface area (Å²) in [5.74, 6) is -0.142. The second kappa shape index (κ2) is 51.7. The average molecular weight is 863 g/mol. The average Bonchev–Trinajstić information content (AvgIpc) is 3.26. The SMILES string of the molecule is CCCCCCCCCCCCCCCCCCCC/C=C\CCCCCCCCCCCCCCCCCCCC(=O)NC(CO)C(O)C(O)CCCCCCCCCC. The van der Waals surface area contributed by atoms with Gasteiger partial charge >= 0.3 is 0 Å². The first kappa shape index (κ1) is 60.1. The molecule has 0 aromatic rings. The van der Waals surface area contributed by atoms with Crippen molar-refractivity contribution in [3.63, 3.8) is 0 Å². The van der Waals surface area contributed by atoms with Crippen LogP contribution in [0.3, 0.4) is 0 Å². The van der Waals surface area contributed by atoms with E-state index in [1.54, 1.807) is 0 Å². The predicted molar refractivity (Wildman–Crippen MR) is 269 cm³/mol. The number of nitrogens with one attached hydrogen (secondary N) is 1. The summed E-state index contributed by atoms with van der Waals surface area (Å²) in [5.41, 5.74) is 0. The number of allylic oxidation sites excluding steroid dienone is 2. The molecule has 0 bridgehead atoms. The highest BCUT2D eigenvalue weighted by Gasteiger charge is 2.26. The van der Waals surface area contributed by atoms with Gasteiger partial charge < -0.3 is 20.6 Å². The molecule has 0 rings (SSSR count). The molecule has 0 aromatic heterocycles. The van der Waals surface area contributed by atoms with Crippen molar-refractivity contribution in [1.82, 2.24) is 5.32 Å². The Hall–Kier alpha value is -0.910. The van der Waals surface area contributed by atoms with Crippen molar-refractivity contribution in [3.8, 4) is 0 Å². The summed E-state index contributed by atoms with van der Waals surface area (Å²) in [6, 6.07) is -0.803. The van der Waals surface area contributed by atoms with Crippen LogP contribution in [0, 0.1) is 0 Å². The van der Waals surface area contributed by atoms with Crippen LogP contribution in [-0.2, 0) is 4.79 Å². The normalized spacial score (nSPS) is 13.3. The second-order valence-corrected chi connectivity index (χ2v) is 19.5. The third-order valence-corrected chi connectivity index (χ3v) is 13.4. The highest BCUT2D eigenvalue weighted by atomic mass is 16.3. The zero-order valence-corrected chi connectivity index (χ0v) is 41.6. The first-order valence-corrected chi connectivity index (χ1v) is 28.0. The second-order valence-electron chi connectivity index (χ2n) is 19.5. The molecule has 364 valence electrons. The van der Waals surface area contributed by atoms with Crippen LogP contribution in [-0.4, -0.2) is 46.1 Å². The van der Waals surface area contributed by atoms with Crippen molar-refractivity contribution in [2.45, 2.75) is 334 Å². The van der Waals surface area contributed by atoms with Gasteiger partial charge in [0, 0.05) is 6.42 Å². The van der Waals surface area contributed by atoms with Crippen molar-refractivity contribution in [1.29, 1.82) is 0 Å². The number of rotatable bonds is 52. The molecule has 61 heavy (non-hydrogen) atoms. The maximum atomic E-state index is 12.4. The lowest BCUT2D eigenvalue weighted by atomic mass is 9.99. The van der Waals surface area contributed by atoms with Gasteiger partial charge in [0.2, 0.25) is 5.91 Å². The van der Waals surface area contributed by atoms with Crippen LogP contribution in [0.4, 0.5) is 0 Å². The lowest BCUT2D eigenvalue weighted by Crippen LogP contribution is -2.50. The molecule has 0 aliphatic heterocycles. The summed E-state index contributed by atoms with van der Waals surface area (Å²) < 4.78 is 0. The molecule has 3 unspecified atom stereocenters. The third-order valence-electron chi connectivity index (χ3n) is 13.4. The third kappa shape index (κ3) is 46.9. The predicted octanol–water partition coefficient (Wildman–Crippen LogP) is 17.1. The molecular weight excluding hydrogens is 751 g/mol. The molecule has 0 aromatic carbocycles. The number of unbranched alkanes of at least 4 members (excludes halogenated alkanes) is 42. The summed E-state index contributed by atoms with van der Waals surface area (Å²) in [4.78, 5) is 12.4. The lowest BCUT2D eigenvalue weighted by molar-refractivity contribution is -0.124. The van der Waals surface area contributed by atoms with E-state index in [1.807, 2.05) is 0 Å². The van der Waals surface area contributed by atoms with Gasteiger partial charge in [0.15, 0.2) is 0 Å². The largest absolute Gasteiger partial charge is 0.394 e. The molecule has 0 fully saturated rings. The minimum Gasteiger partial charge on any atom is -0.394 e. The van der Waals surface area contributed by atoms with Crippen LogP contribution >= 0.6 is 0 Å². The minimum absolute atomic E-state index is 0.142. The van der Waals surface area contributed by atoms with E-state index in [4.69, 9.17) is 0 Å². The molecule has 0 saturated carbocycles. The Morgan fingerprint density at radius 1 is 0.393 bits per heavy atom. The van der Waals surface area contributed by atoms with Crippen LogP contribution in [0.2, 0.25) is 0 Å². The van der Waals surface area contributed by atoms with Crippen molar-refractivity contribution >= 4 is 5.91 Å². The van der Waals surface area contributed by atoms with Crippen LogP contribution in [0.5, 0.6) is 0 Å². The quantitative estimate of drug-likeness (QED) is 0.0362. The molecule has 1 amide bonds. The van der Waals surface area contributed by atoms with E-state index >= 15 is 0 Å². The van der Waals surface area contributed by atoms with E-state index in [2.05, 4.69) is 31.3 Å². The topological polar surface area (TPSA) is 89.8 Å². The highest BCUT2D eigenvalue weighted by molar-refractivity contribution is 5.76. The van der Waals surface area contributed by atoms with Crippen LogP contribution in [0.1, 0.15) is 316 Å². The number of aliphatic hydroxyl groups excluding tert-OH is 3. The Morgan fingerprint density at radius 2 is 0.656 bits per heavy atom. The van der Waals surface area contributed by atoms with Crippen molar-refractivity contribution in [3.05, 3.63) is 12.2 Å². The van der Waals surface area contributed by atoms with E-state index in [9.17, 15) is 20.1 Å². The maximum Gasteiger partial charge on any atom is 0.220 e. The number of carbonyl (C=O) groups is 1. The summed E-state index contributed by atoms with van der Waals surface area (Å²) in [7, 11) is 0. The highest BCUT2D eigenvalue weighted by Crippen LogP contribution is 2.18. The molecule has 5 heteroatoms. The summed E-state index contributed by atoms with van der Waals surface area (Å²) in [6.45, 7) is 4.17.